The SMILES string of the molecule is O=C(O)CC1(NC(=O)N2CCn3cnnc3C2)CCC1. The van der Waals surface area contributed by atoms with E-state index in [0.29, 0.717) is 19.6 Å². The molecule has 0 saturated heterocycles. The van der Waals surface area contributed by atoms with Crippen LogP contribution in [0.3, 0.4) is 0 Å². The molecule has 8 nitrogen and oxygen atoms in total. The zero-order valence-corrected chi connectivity index (χ0v) is 11.1. The molecular formula is C12H17N5O3. The van der Waals surface area contributed by atoms with Crippen LogP contribution in [0.25, 0.3) is 0 Å². The topological polar surface area (TPSA) is 100 Å². The second-order valence-electron chi connectivity index (χ2n) is 5.50. The molecule has 2 heterocycles. The predicted octanol–water partition coefficient (Wildman–Crippen LogP) is 0.201. The van der Waals surface area contributed by atoms with E-state index in [0.717, 1.165) is 25.1 Å². The summed E-state index contributed by atoms with van der Waals surface area (Å²) in [6.07, 6.45) is 4.07. The number of aliphatic carboxylic acids is 1. The summed E-state index contributed by atoms with van der Waals surface area (Å²) in [5.74, 6) is -0.115. The van der Waals surface area contributed by atoms with Crippen LogP contribution in [0.5, 0.6) is 0 Å². The zero-order chi connectivity index (χ0) is 14.2. The van der Waals surface area contributed by atoms with Crippen LogP contribution < -0.4 is 5.32 Å². The monoisotopic (exact) mass is 279 g/mol. The van der Waals surface area contributed by atoms with Gasteiger partial charge in [0.15, 0.2) is 5.82 Å². The van der Waals surface area contributed by atoms with Crippen molar-refractivity contribution >= 4 is 12.0 Å². The van der Waals surface area contributed by atoms with E-state index < -0.39 is 11.5 Å². The van der Waals surface area contributed by atoms with Gasteiger partial charge in [-0.25, -0.2) is 4.79 Å². The molecule has 1 aliphatic carbocycles. The van der Waals surface area contributed by atoms with E-state index in [1.54, 1.807) is 11.2 Å². The number of nitrogens with one attached hydrogen (secondary N) is 1. The van der Waals surface area contributed by atoms with Gasteiger partial charge in [0.2, 0.25) is 0 Å². The second kappa shape index (κ2) is 4.77. The lowest BCUT2D eigenvalue weighted by atomic mass is 9.74. The summed E-state index contributed by atoms with van der Waals surface area (Å²) in [6, 6.07) is -0.208. The minimum absolute atomic E-state index is 0.0111. The molecule has 1 aliphatic heterocycles. The molecule has 0 aromatic carbocycles. The summed E-state index contributed by atoms with van der Waals surface area (Å²) in [5, 5.41) is 19.6. The number of carboxylic acid groups (broad SMARTS) is 1. The maximum Gasteiger partial charge on any atom is 0.318 e. The Bertz CT molecular complexity index is 537. The summed E-state index contributed by atoms with van der Waals surface area (Å²) in [4.78, 5) is 24.9. The Labute approximate surface area is 115 Å². The van der Waals surface area contributed by atoms with Crippen molar-refractivity contribution in [2.45, 2.75) is 44.3 Å². The third-order valence-electron chi connectivity index (χ3n) is 4.10. The highest BCUT2D eigenvalue weighted by Crippen LogP contribution is 2.35. The number of carbonyl (C=O) groups is 2. The van der Waals surface area contributed by atoms with Crippen LogP contribution in [0.1, 0.15) is 31.5 Å². The van der Waals surface area contributed by atoms with E-state index in [1.807, 2.05) is 4.57 Å². The fourth-order valence-electron chi connectivity index (χ4n) is 2.78. The quantitative estimate of drug-likeness (QED) is 0.823. The van der Waals surface area contributed by atoms with E-state index in [2.05, 4.69) is 15.5 Å². The van der Waals surface area contributed by atoms with Crippen LogP contribution in [0.2, 0.25) is 0 Å². The molecule has 1 aromatic rings. The molecule has 8 heteroatoms. The average molecular weight is 279 g/mol. The maximum atomic E-state index is 12.3. The molecule has 0 bridgehead atoms. The third kappa shape index (κ3) is 2.33. The Hall–Kier alpha value is -2.12. The molecule has 2 amide bonds. The van der Waals surface area contributed by atoms with Gasteiger partial charge < -0.3 is 19.9 Å². The summed E-state index contributed by atoms with van der Waals surface area (Å²) in [5.41, 5.74) is -0.561. The summed E-state index contributed by atoms with van der Waals surface area (Å²) >= 11 is 0. The van der Waals surface area contributed by atoms with Gasteiger partial charge in [0.25, 0.3) is 0 Å². The van der Waals surface area contributed by atoms with Crippen LogP contribution in [-0.4, -0.2) is 48.9 Å². The van der Waals surface area contributed by atoms with Crippen LogP contribution in [0, 0.1) is 0 Å². The number of carbonyl (C=O) groups excluding carboxylic acids is 1. The highest BCUT2D eigenvalue weighted by molar-refractivity contribution is 5.77. The Kier molecular flexibility index (Phi) is 3.07. The van der Waals surface area contributed by atoms with E-state index in [1.165, 1.54) is 0 Å². The van der Waals surface area contributed by atoms with Crippen LogP contribution in [-0.2, 0) is 17.9 Å². The minimum Gasteiger partial charge on any atom is -0.481 e. The van der Waals surface area contributed by atoms with Crippen molar-refractivity contribution in [1.29, 1.82) is 0 Å². The largest absolute Gasteiger partial charge is 0.481 e. The average Bonchev–Trinajstić information content (AvgIpc) is 2.82. The first-order valence-corrected chi connectivity index (χ1v) is 6.74. The van der Waals surface area contributed by atoms with E-state index in [9.17, 15) is 9.59 Å². The molecule has 20 heavy (non-hydrogen) atoms. The fraction of sp³-hybridized carbons (Fsp3) is 0.667. The van der Waals surface area contributed by atoms with E-state index in [-0.39, 0.29) is 12.5 Å². The first kappa shape index (κ1) is 12.9. The lowest BCUT2D eigenvalue weighted by molar-refractivity contribution is -0.139. The molecule has 0 radical (unpaired) electrons. The summed E-state index contributed by atoms with van der Waals surface area (Å²) < 4.78 is 1.92. The summed E-state index contributed by atoms with van der Waals surface area (Å²) in [7, 11) is 0. The number of rotatable bonds is 3. The first-order chi connectivity index (χ1) is 9.58. The molecular weight excluding hydrogens is 262 g/mol. The van der Waals surface area contributed by atoms with Crippen molar-refractivity contribution in [2.24, 2.45) is 0 Å². The molecule has 0 unspecified atom stereocenters. The van der Waals surface area contributed by atoms with Crippen molar-refractivity contribution in [2.75, 3.05) is 6.54 Å². The van der Waals surface area contributed by atoms with Gasteiger partial charge in [-0.05, 0) is 19.3 Å². The Morgan fingerprint density at radius 1 is 1.40 bits per heavy atom. The zero-order valence-electron chi connectivity index (χ0n) is 11.1. The van der Waals surface area contributed by atoms with Crippen molar-refractivity contribution in [3.8, 4) is 0 Å². The second-order valence-corrected chi connectivity index (χ2v) is 5.50. The van der Waals surface area contributed by atoms with Crippen molar-refractivity contribution in [3.05, 3.63) is 12.2 Å². The molecule has 0 spiro atoms. The molecule has 108 valence electrons. The molecule has 1 aromatic heterocycles. The number of urea groups is 1. The molecule has 2 aliphatic rings. The number of carboxylic acids is 1. The van der Waals surface area contributed by atoms with Gasteiger partial charge in [0.05, 0.1) is 18.5 Å². The van der Waals surface area contributed by atoms with Gasteiger partial charge >= 0.3 is 12.0 Å². The number of amides is 2. The number of fused-ring (bicyclic) bond motifs is 1. The van der Waals surface area contributed by atoms with Crippen LogP contribution >= 0.6 is 0 Å². The highest BCUT2D eigenvalue weighted by atomic mass is 16.4. The van der Waals surface area contributed by atoms with Crippen molar-refractivity contribution < 1.29 is 14.7 Å². The Balaban J connectivity index is 1.64. The maximum absolute atomic E-state index is 12.3. The number of hydrogen-bond donors (Lipinski definition) is 2. The van der Waals surface area contributed by atoms with Crippen molar-refractivity contribution in [3.63, 3.8) is 0 Å². The minimum atomic E-state index is -0.872. The number of nitrogens with zero attached hydrogens (tertiary/aromatic N) is 4. The molecule has 3 rings (SSSR count). The third-order valence-corrected chi connectivity index (χ3v) is 4.10. The summed E-state index contributed by atoms with van der Waals surface area (Å²) in [6.45, 7) is 1.66. The Morgan fingerprint density at radius 2 is 2.20 bits per heavy atom. The highest BCUT2D eigenvalue weighted by Gasteiger charge is 2.41. The molecule has 2 N–H and O–H groups in total. The lowest BCUT2D eigenvalue weighted by Crippen LogP contribution is -2.58. The van der Waals surface area contributed by atoms with Crippen LogP contribution in [0.4, 0.5) is 4.79 Å². The van der Waals surface area contributed by atoms with Gasteiger partial charge in [-0.1, -0.05) is 0 Å². The normalized spacial score (nSPS) is 19.9. The number of aromatic nitrogens is 3. The molecule has 1 fully saturated rings. The predicted molar refractivity (Wildman–Crippen MR) is 67.8 cm³/mol. The lowest BCUT2D eigenvalue weighted by Gasteiger charge is -2.43. The first-order valence-electron chi connectivity index (χ1n) is 6.74. The molecule has 1 saturated carbocycles. The Morgan fingerprint density at radius 3 is 2.85 bits per heavy atom. The van der Waals surface area contributed by atoms with Gasteiger partial charge in [-0.2, -0.15) is 0 Å². The fourth-order valence-corrected chi connectivity index (χ4v) is 2.78. The standard InChI is InChI=1S/C12H17N5O3/c18-10(19)6-12(2-1-3-12)14-11(20)16-4-5-17-8-13-15-9(17)7-16/h8H,1-7H2,(H,14,20)(H,18,19). The smallest absolute Gasteiger partial charge is 0.318 e. The van der Waals surface area contributed by atoms with E-state index >= 15 is 0 Å². The van der Waals surface area contributed by atoms with Gasteiger partial charge in [0, 0.05) is 13.1 Å². The van der Waals surface area contributed by atoms with Crippen LogP contribution in [0.15, 0.2) is 6.33 Å². The van der Waals surface area contributed by atoms with E-state index in [4.69, 9.17) is 5.11 Å². The van der Waals surface area contributed by atoms with Gasteiger partial charge in [-0.3, -0.25) is 4.79 Å². The van der Waals surface area contributed by atoms with Gasteiger partial charge in [0.1, 0.15) is 6.33 Å². The van der Waals surface area contributed by atoms with Gasteiger partial charge in [-0.15, -0.1) is 10.2 Å². The van der Waals surface area contributed by atoms with Crippen molar-refractivity contribution in [1.82, 2.24) is 25.0 Å². The number of hydrogen-bond acceptors (Lipinski definition) is 4. The molecule has 0 atom stereocenters.